The molecule has 0 unspecified atom stereocenters. The number of rotatable bonds is 6. The number of hydrogen-bond acceptors (Lipinski definition) is 5. The summed E-state index contributed by atoms with van der Waals surface area (Å²) in [5, 5.41) is 3.85. The summed E-state index contributed by atoms with van der Waals surface area (Å²) in [4.78, 5) is 2.27. The second-order valence-electron chi connectivity index (χ2n) is 5.37. The van der Waals surface area contributed by atoms with Crippen LogP contribution in [0.25, 0.3) is 0 Å². The van der Waals surface area contributed by atoms with Crippen LogP contribution in [0, 0.1) is 0 Å². The van der Waals surface area contributed by atoms with E-state index in [1.54, 1.807) is 7.05 Å². The van der Waals surface area contributed by atoms with E-state index in [1.807, 2.05) is 7.05 Å². The van der Waals surface area contributed by atoms with Gasteiger partial charge in [0, 0.05) is 32.4 Å². The molecule has 2 rings (SSSR count). The molecule has 0 radical (unpaired) electrons. The third-order valence-electron chi connectivity index (χ3n) is 3.82. The molecule has 1 heterocycles. The second kappa shape index (κ2) is 6.11. The minimum absolute atomic E-state index is 0.0316. The maximum atomic E-state index is 12.1. The largest absolute Gasteiger partial charge is 0.381 e. The molecule has 114 valence electrons. The fourth-order valence-corrected chi connectivity index (χ4v) is 3.78. The number of hydrogen-bond donors (Lipinski definition) is 2. The van der Waals surface area contributed by atoms with Gasteiger partial charge in [0.2, 0.25) is 10.0 Å². The van der Waals surface area contributed by atoms with Crippen molar-refractivity contribution in [3.8, 4) is 0 Å². The number of anilines is 1. The molecule has 0 amide bonds. The van der Waals surface area contributed by atoms with Gasteiger partial charge in [0.1, 0.15) is 4.90 Å². The number of aryl methyl sites for hydroxylation is 1. The highest BCUT2D eigenvalue weighted by molar-refractivity contribution is 7.89. The van der Waals surface area contributed by atoms with Crippen molar-refractivity contribution in [2.45, 2.75) is 36.6 Å². The normalized spacial score (nSPS) is 17.1. The zero-order valence-electron chi connectivity index (χ0n) is 12.0. The van der Waals surface area contributed by atoms with Crippen LogP contribution in [0.3, 0.4) is 0 Å². The summed E-state index contributed by atoms with van der Waals surface area (Å²) < 4.78 is 28.2. The van der Waals surface area contributed by atoms with E-state index in [4.69, 9.17) is 5.73 Å². The number of nitrogens with zero attached hydrogens (tertiary/aromatic N) is 3. The van der Waals surface area contributed by atoms with Crippen molar-refractivity contribution in [3.63, 3.8) is 0 Å². The summed E-state index contributed by atoms with van der Waals surface area (Å²) >= 11 is 0. The predicted octanol–water partition coefficient (Wildman–Crippen LogP) is 0.155. The molecule has 1 fully saturated rings. The number of nitrogen functional groups attached to an aromatic ring is 1. The molecule has 1 saturated carbocycles. The van der Waals surface area contributed by atoms with Gasteiger partial charge in [0.15, 0.2) is 5.82 Å². The van der Waals surface area contributed by atoms with E-state index in [0.717, 1.165) is 0 Å². The topological polar surface area (TPSA) is 93.2 Å². The monoisotopic (exact) mass is 301 g/mol. The zero-order chi connectivity index (χ0) is 14.8. The lowest BCUT2D eigenvalue weighted by Crippen LogP contribution is -2.37. The Labute approximate surface area is 120 Å². The van der Waals surface area contributed by atoms with Crippen molar-refractivity contribution in [2.24, 2.45) is 7.05 Å². The number of likely N-dealkylation sites (N-methyl/N-ethyl adjacent to an activating group) is 1. The van der Waals surface area contributed by atoms with E-state index in [0.29, 0.717) is 19.1 Å². The Kier molecular flexibility index (Phi) is 4.66. The van der Waals surface area contributed by atoms with E-state index in [9.17, 15) is 8.42 Å². The SMILES string of the molecule is CN(CCNS(=O)(=O)c1cn(C)nc1N)C1CCCC1. The molecule has 0 spiro atoms. The van der Waals surface area contributed by atoms with Crippen LogP contribution in [-0.4, -0.2) is 49.3 Å². The van der Waals surface area contributed by atoms with Crippen molar-refractivity contribution in [2.75, 3.05) is 25.9 Å². The van der Waals surface area contributed by atoms with Crippen molar-refractivity contribution in [3.05, 3.63) is 6.20 Å². The van der Waals surface area contributed by atoms with Gasteiger partial charge in [-0.05, 0) is 19.9 Å². The molecule has 0 aromatic carbocycles. The standard InChI is InChI=1S/C12H23N5O2S/c1-16(10-5-3-4-6-10)8-7-14-20(18,19)11-9-17(2)15-12(11)13/h9-10,14H,3-8H2,1-2H3,(H2,13,15). The van der Waals surface area contributed by atoms with Gasteiger partial charge in [0.25, 0.3) is 0 Å². The first-order chi connectivity index (χ1) is 9.40. The first kappa shape index (κ1) is 15.3. The van der Waals surface area contributed by atoms with Gasteiger partial charge in [-0.3, -0.25) is 4.68 Å². The maximum absolute atomic E-state index is 12.1. The summed E-state index contributed by atoms with van der Waals surface area (Å²) in [6.45, 7) is 1.08. The third-order valence-corrected chi connectivity index (χ3v) is 5.29. The molecule has 1 aliphatic rings. The van der Waals surface area contributed by atoms with Crippen LogP contribution in [0.15, 0.2) is 11.1 Å². The van der Waals surface area contributed by atoms with Crippen LogP contribution in [-0.2, 0) is 17.1 Å². The Bertz CT molecular complexity index is 548. The second-order valence-corrected chi connectivity index (χ2v) is 7.10. The van der Waals surface area contributed by atoms with Crippen molar-refractivity contribution < 1.29 is 8.42 Å². The number of nitrogens with one attached hydrogen (secondary N) is 1. The molecule has 1 aliphatic carbocycles. The summed E-state index contributed by atoms with van der Waals surface area (Å²) in [7, 11) is 0.112. The maximum Gasteiger partial charge on any atom is 0.245 e. The van der Waals surface area contributed by atoms with Crippen molar-refractivity contribution in [1.82, 2.24) is 19.4 Å². The summed E-state index contributed by atoms with van der Waals surface area (Å²) in [6.07, 6.45) is 6.37. The van der Waals surface area contributed by atoms with E-state index in [1.165, 1.54) is 36.6 Å². The molecule has 20 heavy (non-hydrogen) atoms. The first-order valence-electron chi connectivity index (χ1n) is 6.89. The van der Waals surface area contributed by atoms with Crippen LogP contribution in [0.4, 0.5) is 5.82 Å². The minimum atomic E-state index is -3.57. The van der Waals surface area contributed by atoms with Gasteiger partial charge < -0.3 is 10.6 Å². The number of sulfonamides is 1. The Balaban J connectivity index is 1.88. The van der Waals surface area contributed by atoms with Gasteiger partial charge in [-0.15, -0.1) is 0 Å². The zero-order valence-corrected chi connectivity index (χ0v) is 12.9. The quantitative estimate of drug-likeness (QED) is 0.780. The number of aromatic nitrogens is 2. The van der Waals surface area contributed by atoms with E-state index in [2.05, 4.69) is 14.7 Å². The molecule has 1 aromatic heterocycles. The van der Waals surface area contributed by atoms with Gasteiger partial charge in [-0.2, -0.15) is 5.10 Å². The van der Waals surface area contributed by atoms with Gasteiger partial charge >= 0.3 is 0 Å². The fraction of sp³-hybridized carbons (Fsp3) is 0.750. The Hall–Kier alpha value is -1.12. The lowest BCUT2D eigenvalue weighted by molar-refractivity contribution is 0.250. The van der Waals surface area contributed by atoms with Crippen molar-refractivity contribution in [1.29, 1.82) is 0 Å². The third kappa shape index (κ3) is 3.50. The highest BCUT2D eigenvalue weighted by atomic mass is 32.2. The molecule has 1 aromatic rings. The Morgan fingerprint density at radius 1 is 1.50 bits per heavy atom. The molecule has 0 saturated heterocycles. The molecular weight excluding hydrogens is 278 g/mol. The molecule has 8 heteroatoms. The highest BCUT2D eigenvalue weighted by Crippen LogP contribution is 2.22. The Morgan fingerprint density at radius 2 is 2.15 bits per heavy atom. The average Bonchev–Trinajstić information content (AvgIpc) is 2.98. The lowest BCUT2D eigenvalue weighted by atomic mass is 10.2. The molecule has 0 aliphatic heterocycles. The van der Waals surface area contributed by atoms with Gasteiger partial charge in [-0.1, -0.05) is 12.8 Å². The summed E-state index contributed by atoms with van der Waals surface area (Å²) in [6, 6.07) is 0.586. The summed E-state index contributed by atoms with van der Waals surface area (Å²) in [5.74, 6) is 0.0316. The van der Waals surface area contributed by atoms with Crippen LogP contribution < -0.4 is 10.5 Å². The van der Waals surface area contributed by atoms with Crippen LogP contribution in [0.1, 0.15) is 25.7 Å². The average molecular weight is 301 g/mol. The summed E-state index contributed by atoms with van der Waals surface area (Å²) in [5.41, 5.74) is 5.60. The Morgan fingerprint density at radius 3 is 2.70 bits per heavy atom. The molecule has 7 nitrogen and oxygen atoms in total. The van der Waals surface area contributed by atoms with E-state index in [-0.39, 0.29) is 10.7 Å². The van der Waals surface area contributed by atoms with Gasteiger partial charge in [0.05, 0.1) is 0 Å². The van der Waals surface area contributed by atoms with E-state index >= 15 is 0 Å². The highest BCUT2D eigenvalue weighted by Gasteiger charge is 2.22. The fourth-order valence-electron chi connectivity index (χ4n) is 2.65. The van der Waals surface area contributed by atoms with Crippen LogP contribution in [0.5, 0.6) is 0 Å². The predicted molar refractivity (Wildman–Crippen MR) is 77.7 cm³/mol. The number of nitrogens with two attached hydrogens (primary N) is 1. The van der Waals surface area contributed by atoms with Crippen LogP contribution >= 0.6 is 0 Å². The molecular formula is C12H23N5O2S. The van der Waals surface area contributed by atoms with Crippen LogP contribution in [0.2, 0.25) is 0 Å². The smallest absolute Gasteiger partial charge is 0.245 e. The van der Waals surface area contributed by atoms with E-state index < -0.39 is 10.0 Å². The van der Waals surface area contributed by atoms with Gasteiger partial charge in [-0.25, -0.2) is 13.1 Å². The first-order valence-corrected chi connectivity index (χ1v) is 8.37. The lowest BCUT2D eigenvalue weighted by Gasteiger charge is -2.23. The molecule has 3 N–H and O–H groups in total. The molecule has 0 bridgehead atoms. The minimum Gasteiger partial charge on any atom is -0.381 e. The van der Waals surface area contributed by atoms with Crippen molar-refractivity contribution >= 4 is 15.8 Å². The molecule has 0 atom stereocenters.